The molecule has 0 aliphatic carbocycles. The third-order valence-electron chi connectivity index (χ3n) is 5.16. The van der Waals surface area contributed by atoms with Gasteiger partial charge in [-0.15, -0.1) is 0 Å². The largest absolute Gasteiger partial charge is 0.461 e. The normalized spacial score (nSPS) is 27.6. The number of rotatable bonds is 4. The predicted octanol–water partition coefficient (Wildman–Crippen LogP) is 2.38. The van der Waals surface area contributed by atoms with Gasteiger partial charge < -0.3 is 10.1 Å². The second-order valence-corrected chi connectivity index (χ2v) is 7.04. The van der Waals surface area contributed by atoms with Gasteiger partial charge in [-0.1, -0.05) is 60.7 Å². The zero-order valence-electron chi connectivity index (χ0n) is 14.9. The molecule has 138 valence electrons. The summed E-state index contributed by atoms with van der Waals surface area (Å²) in [5, 5.41) is 2.87. The first-order valence-corrected chi connectivity index (χ1v) is 8.97. The summed E-state index contributed by atoms with van der Waals surface area (Å²) in [6.45, 7) is 1.75. The number of amides is 3. The Bertz CT molecular complexity index is 884. The fourth-order valence-electron chi connectivity index (χ4n) is 3.87. The van der Waals surface area contributed by atoms with Crippen LogP contribution in [-0.4, -0.2) is 35.0 Å². The van der Waals surface area contributed by atoms with Crippen molar-refractivity contribution in [2.75, 3.05) is 0 Å². The van der Waals surface area contributed by atoms with Crippen molar-refractivity contribution in [1.29, 1.82) is 0 Å². The van der Waals surface area contributed by atoms with Crippen LogP contribution in [0.15, 0.2) is 60.7 Å². The Morgan fingerprint density at radius 2 is 1.67 bits per heavy atom. The van der Waals surface area contributed by atoms with Crippen molar-refractivity contribution >= 4 is 17.9 Å². The molecule has 2 aliphatic rings. The lowest BCUT2D eigenvalue weighted by Gasteiger charge is -2.28. The molecule has 0 aromatic heterocycles. The minimum Gasteiger partial charge on any atom is -0.461 e. The summed E-state index contributed by atoms with van der Waals surface area (Å²) in [7, 11) is 0. The standard InChI is InChI=1S/C21H20N2O4/c1-14-12-17(18(24)27-14)23-19(25)21(22-20(23)26,16-10-6-3-7-11-16)13-15-8-4-2-5-9-15/h2-11,14,17H,12-13H2,1H3,(H,22,26)/t14-,17+,21-/m1/s1. The molecule has 0 spiro atoms. The van der Waals surface area contributed by atoms with Gasteiger partial charge in [0.15, 0.2) is 5.54 Å². The number of hydrogen-bond acceptors (Lipinski definition) is 4. The molecule has 2 fully saturated rings. The maximum absolute atomic E-state index is 13.5. The number of nitrogens with one attached hydrogen (secondary N) is 1. The Morgan fingerprint density at radius 1 is 1.04 bits per heavy atom. The van der Waals surface area contributed by atoms with Gasteiger partial charge in [0.1, 0.15) is 12.1 Å². The van der Waals surface area contributed by atoms with Crippen LogP contribution in [0.1, 0.15) is 24.5 Å². The third kappa shape index (κ3) is 2.87. The van der Waals surface area contributed by atoms with E-state index in [1.165, 1.54) is 0 Å². The van der Waals surface area contributed by atoms with E-state index in [2.05, 4.69) is 5.32 Å². The maximum atomic E-state index is 13.5. The highest BCUT2D eigenvalue weighted by Gasteiger charge is 2.57. The van der Waals surface area contributed by atoms with Gasteiger partial charge in [-0.3, -0.25) is 4.79 Å². The van der Waals surface area contributed by atoms with Crippen LogP contribution >= 0.6 is 0 Å². The van der Waals surface area contributed by atoms with Crippen LogP contribution in [0, 0.1) is 0 Å². The molecular formula is C21H20N2O4. The quantitative estimate of drug-likeness (QED) is 0.668. The van der Waals surface area contributed by atoms with Gasteiger partial charge in [-0.2, -0.15) is 0 Å². The van der Waals surface area contributed by atoms with E-state index in [9.17, 15) is 14.4 Å². The molecular weight excluding hydrogens is 344 g/mol. The maximum Gasteiger partial charge on any atom is 0.329 e. The summed E-state index contributed by atoms with van der Waals surface area (Å²) in [4.78, 5) is 39.5. The highest BCUT2D eigenvalue weighted by Crippen LogP contribution is 2.36. The van der Waals surface area contributed by atoms with Crippen LogP contribution < -0.4 is 5.32 Å². The molecule has 3 atom stereocenters. The zero-order valence-corrected chi connectivity index (χ0v) is 14.9. The van der Waals surface area contributed by atoms with Crippen LogP contribution in [0.25, 0.3) is 0 Å². The second kappa shape index (κ2) is 6.54. The minimum absolute atomic E-state index is 0.302. The zero-order chi connectivity index (χ0) is 19.0. The SMILES string of the molecule is C[C@@H]1C[C@H](N2C(=O)N[C@](Cc3ccccc3)(c3ccccc3)C2=O)C(=O)O1. The number of carbonyl (C=O) groups is 3. The summed E-state index contributed by atoms with van der Waals surface area (Å²) >= 11 is 0. The highest BCUT2D eigenvalue weighted by molar-refractivity contribution is 6.10. The van der Waals surface area contributed by atoms with Crippen LogP contribution in [-0.2, 0) is 26.3 Å². The number of imide groups is 1. The fourth-order valence-corrected chi connectivity index (χ4v) is 3.87. The number of cyclic esters (lactones) is 1. The first-order chi connectivity index (χ1) is 13.0. The van der Waals surface area contributed by atoms with E-state index in [0.717, 1.165) is 10.5 Å². The van der Waals surface area contributed by atoms with Gasteiger partial charge in [0.2, 0.25) is 0 Å². The van der Waals surface area contributed by atoms with E-state index in [-0.39, 0.29) is 6.10 Å². The fraction of sp³-hybridized carbons (Fsp3) is 0.286. The van der Waals surface area contributed by atoms with Crippen molar-refractivity contribution < 1.29 is 19.1 Å². The Morgan fingerprint density at radius 3 is 2.26 bits per heavy atom. The number of benzene rings is 2. The smallest absolute Gasteiger partial charge is 0.329 e. The Labute approximate surface area is 157 Å². The Balaban J connectivity index is 1.76. The first-order valence-electron chi connectivity index (χ1n) is 8.97. The van der Waals surface area contributed by atoms with E-state index in [1.54, 1.807) is 6.92 Å². The molecule has 27 heavy (non-hydrogen) atoms. The molecule has 2 saturated heterocycles. The van der Waals surface area contributed by atoms with Gasteiger partial charge in [0.25, 0.3) is 5.91 Å². The molecule has 0 unspecified atom stereocenters. The number of ether oxygens (including phenoxy) is 1. The predicted molar refractivity (Wildman–Crippen MR) is 97.6 cm³/mol. The molecule has 4 rings (SSSR count). The van der Waals surface area contributed by atoms with Gasteiger partial charge in [0, 0.05) is 12.8 Å². The van der Waals surface area contributed by atoms with Crippen molar-refractivity contribution in [2.24, 2.45) is 0 Å². The monoisotopic (exact) mass is 364 g/mol. The first kappa shape index (κ1) is 17.3. The van der Waals surface area contributed by atoms with Crippen molar-refractivity contribution in [2.45, 2.75) is 37.5 Å². The van der Waals surface area contributed by atoms with Crippen molar-refractivity contribution in [1.82, 2.24) is 10.2 Å². The van der Waals surface area contributed by atoms with Crippen LogP contribution in [0.5, 0.6) is 0 Å². The van der Waals surface area contributed by atoms with E-state index in [0.29, 0.717) is 18.4 Å². The van der Waals surface area contributed by atoms with Crippen LogP contribution in [0.4, 0.5) is 4.79 Å². The lowest BCUT2D eigenvalue weighted by molar-refractivity contribution is -0.147. The number of carbonyl (C=O) groups excluding carboxylic acids is 3. The lowest BCUT2D eigenvalue weighted by Crippen LogP contribution is -2.48. The third-order valence-corrected chi connectivity index (χ3v) is 5.16. The van der Waals surface area contributed by atoms with Crippen molar-refractivity contribution in [3.05, 3.63) is 71.8 Å². The molecule has 3 amide bonds. The molecule has 1 N–H and O–H groups in total. The number of urea groups is 1. The molecule has 0 bridgehead atoms. The van der Waals surface area contributed by atoms with E-state index in [1.807, 2.05) is 60.7 Å². The van der Waals surface area contributed by atoms with Crippen LogP contribution in [0.2, 0.25) is 0 Å². The van der Waals surface area contributed by atoms with Crippen molar-refractivity contribution in [3.8, 4) is 0 Å². The molecule has 0 saturated carbocycles. The summed E-state index contributed by atoms with van der Waals surface area (Å²) in [6.07, 6.45) is 0.300. The van der Waals surface area contributed by atoms with E-state index < -0.39 is 29.5 Å². The number of esters is 1. The van der Waals surface area contributed by atoms with E-state index >= 15 is 0 Å². The Hall–Kier alpha value is -3.15. The Kier molecular flexibility index (Phi) is 4.18. The molecule has 6 heteroatoms. The van der Waals surface area contributed by atoms with Gasteiger partial charge in [-0.05, 0) is 18.1 Å². The summed E-state index contributed by atoms with van der Waals surface area (Å²) < 4.78 is 5.16. The topological polar surface area (TPSA) is 75.7 Å². The minimum atomic E-state index is -1.24. The summed E-state index contributed by atoms with van der Waals surface area (Å²) in [5.74, 6) is -0.951. The molecule has 6 nitrogen and oxygen atoms in total. The van der Waals surface area contributed by atoms with Crippen LogP contribution in [0.3, 0.4) is 0 Å². The van der Waals surface area contributed by atoms with E-state index in [4.69, 9.17) is 4.74 Å². The van der Waals surface area contributed by atoms with Gasteiger partial charge in [-0.25, -0.2) is 14.5 Å². The summed E-state index contributed by atoms with van der Waals surface area (Å²) in [5.41, 5.74) is 0.361. The van der Waals surface area contributed by atoms with Gasteiger partial charge >= 0.3 is 12.0 Å². The average Bonchev–Trinajstić information content (AvgIpc) is 3.12. The number of hydrogen-bond donors (Lipinski definition) is 1. The average molecular weight is 364 g/mol. The second-order valence-electron chi connectivity index (χ2n) is 7.04. The lowest BCUT2D eigenvalue weighted by atomic mass is 9.83. The molecule has 2 aliphatic heterocycles. The molecule has 2 aromatic rings. The summed E-state index contributed by atoms with van der Waals surface area (Å²) in [6, 6.07) is 17.2. The number of nitrogens with zero attached hydrogens (tertiary/aromatic N) is 1. The molecule has 2 heterocycles. The van der Waals surface area contributed by atoms with Gasteiger partial charge in [0.05, 0.1) is 0 Å². The highest BCUT2D eigenvalue weighted by atomic mass is 16.6. The molecule has 2 aromatic carbocycles. The van der Waals surface area contributed by atoms with Crippen molar-refractivity contribution in [3.63, 3.8) is 0 Å². The molecule has 0 radical (unpaired) electrons.